The summed E-state index contributed by atoms with van der Waals surface area (Å²) in [4.78, 5) is 14.4. The summed E-state index contributed by atoms with van der Waals surface area (Å²) in [5.41, 5.74) is -0.550. The summed E-state index contributed by atoms with van der Waals surface area (Å²) in [5, 5.41) is 3.00. The number of nitrogens with one attached hydrogen (secondary N) is 1. The van der Waals surface area contributed by atoms with E-state index < -0.39 is 11.3 Å². The highest BCUT2D eigenvalue weighted by Crippen LogP contribution is 2.38. The van der Waals surface area contributed by atoms with Crippen LogP contribution in [0.2, 0.25) is 0 Å². The van der Waals surface area contributed by atoms with E-state index in [1.807, 2.05) is 13.8 Å². The molecule has 8 heteroatoms. The minimum atomic E-state index is -2.59. The van der Waals surface area contributed by atoms with Gasteiger partial charge in [-0.25, -0.2) is 13.1 Å². The lowest BCUT2D eigenvalue weighted by molar-refractivity contribution is -0.155. The van der Waals surface area contributed by atoms with E-state index in [1.54, 1.807) is 4.90 Å². The van der Waals surface area contributed by atoms with Gasteiger partial charge in [0, 0.05) is 26.2 Å². The number of thiol groups is 1. The van der Waals surface area contributed by atoms with Gasteiger partial charge in [-0.2, -0.15) is 0 Å². The number of carbonyl (C=O) groups excluding carboxylic acids is 1. The largest absolute Gasteiger partial charge is 0.355 e. The topological polar surface area (TPSA) is 35.6 Å². The van der Waals surface area contributed by atoms with Gasteiger partial charge >= 0.3 is 0 Å². The number of alkyl halides is 2. The highest BCUT2D eigenvalue weighted by Gasteiger charge is 2.50. The molecule has 2 fully saturated rings. The number of amides is 1. The summed E-state index contributed by atoms with van der Waals surface area (Å²) in [6, 6.07) is 0. The third-order valence-corrected chi connectivity index (χ3v) is 5.67. The standard InChI is InChI=1S/C14H25F2N3OS2/c1-11(2)7-17-12(20)13(3-5-19(22-21)6-4-13)8-18-9-14(15,16)10-18/h11,21H,3-10H2,1-2H3,(H,17,20). The number of likely N-dealkylation sites (tertiary alicyclic amines) is 1. The van der Waals surface area contributed by atoms with Gasteiger partial charge in [-0.3, -0.25) is 9.69 Å². The SMILES string of the molecule is CC(C)CNC(=O)C1(CN2CC(F)(F)C2)CCN(SS)CC1. The molecule has 128 valence electrons. The molecule has 2 rings (SSSR count). The van der Waals surface area contributed by atoms with Crippen molar-refractivity contribution >= 4 is 28.5 Å². The van der Waals surface area contributed by atoms with E-state index in [1.165, 1.54) is 11.0 Å². The summed E-state index contributed by atoms with van der Waals surface area (Å²) in [6.45, 7) is 6.21. The molecule has 0 aromatic carbocycles. The van der Waals surface area contributed by atoms with Gasteiger partial charge < -0.3 is 5.32 Å². The van der Waals surface area contributed by atoms with Gasteiger partial charge in [0.25, 0.3) is 5.92 Å². The molecule has 0 aromatic heterocycles. The van der Waals surface area contributed by atoms with Gasteiger partial charge in [0.15, 0.2) is 0 Å². The second-order valence-corrected chi connectivity index (χ2v) is 8.07. The van der Waals surface area contributed by atoms with Crippen LogP contribution in [0.25, 0.3) is 0 Å². The van der Waals surface area contributed by atoms with E-state index in [0.29, 0.717) is 31.8 Å². The number of piperidine rings is 1. The van der Waals surface area contributed by atoms with Crippen LogP contribution in [0.15, 0.2) is 0 Å². The zero-order valence-electron chi connectivity index (χ0n) is 13.1. The van der Waals surface area contributed by atoms with Crippen molar-refractivity contribution in [2.24, 2.45) is 11.3 Å². The first-order chi connectivity index (χ1) is 10.3. The molecule has 0 aromatic rings. The molecule has 1 amide bonds. The first kappa shape index (κ1) is 18.3. The molecule has 22 heavy (non-hydrogen) atoms. The van der Waals surface area contributed by atoms with E-state index in [2.05, 4.69) is 21.3 Å². The fourth-order valence-electron chi connectivity index (χ4n) is 3.08. The van der Waals surface area contributed by atoms with Crippen LogP contribution < -0.4 is 5.32 Å². The fourth-order valence-corrected chi connectivity index (χ4v) is 3.92. The molecular formula is C14H25F2N3OS2. The Morgan fingerprint density at radius 2 is 1.91 bits per heavy atom. The summed E-state index contributed by atoms with van der Waals surface area (Å²) in [7, 11) is 1.38. The fraction of sp³-hybridized carbons (Fsp3) is 0.929. The Morgan fingerprint density at radius 1 is 1.32 bits per heavy atom. The van der Waals surface area contributed by atoms with Crippen molar-refractivity contribution in [3.05, 3.63) is 0 Å². The molecule has 1 N–H and O–H groups in total. The van der Waals surface area contributed by atoms with Crippen LogP contribution >= 0.6 is 22.6 Å². The zero-order valence-corrected chi connectivity index (χ0v) is 14.9. The van der Waals surface area contributed by atoms with Crippen LogP contribution in [-0.4, -0.2) is 60.3 Å². The van der Waals surface area contributed by atoms with Crippen molar-refractivity contribution in [3.63, 3.8) is 0 Å². The van der Waals surface area contributed by atoms with Gasteiger partial charge in [-0.15, -0.1) is 0 Å². The van der Waals surface area contributed by atoms with Crippen molar-refractivity contribution in [2.75, 3.05) is 39.3 Å². The molecule has 0 spiro atoms. The maximum atomic E-state index is 13.1. The van der Waals surface area contributed by atoms with Crippen molar-refractivity contribution in [1.82, 2.24) is 14.5 Å². The molecule has 2 aliphatic rings. The van der Waals surface area contributed by atoms with Crippen LogP contribution in [0.4, 0.5) is 8.78 Å². The number of hydrogen-bond donors (Lipinski definition) is 2. The summed E-state index contributed by atoms with van der Waals surface area (Å²) in [5.74, 6) is -2.19. The monoisotopic (exact) mass is 353 g/mol. The normalized spacial score (nSPS) is 25.0. The number of halogens is 2. The molecule has 0 atom stereocenters. The van der Waals surface area contributed by atoms with Crippen LogP contribution in [0.5, 0.6) is 0 Å². The number of hydrogen-bond acceptors (Lipinski definition) is 5. The molecular weight excluding hydrogens is 328 g/mol. The quantitative estimate of drug-likeness (QED) is 0.436. The molecule has 2 aliphatic heterocycles. The minimum absolute atomic E-state index is 0.0141. The molecule has 4 nitrogen and oxygen atoms in total. The second kappa shape index (κ2) is 7.23. The predicted molar refractivity (Wildman–Crippen MR) is 89.1 cm³/mol. The lowest BCUT2D eigenvalue weighted by atomic mass is 9.76. The highest BCUT2D eigenvalue weighted by molar-refractivity contribution is 8.67. The molecule has 0 aliphatic carbocycles. The zero-order chi connectivity index (χ0) is 16.4. The summed E-state index contributed by atoms with van der Waals surface area (Å²) >= 11 is 4.19. The Hall–Kier alpha value is -0.0500. The lowest BCUT2D eigenvalue weighted by Crippen LogP contribution is -2.62. The number of carbonyl (C=O) groups is 1. The van der Waals surface area contributed by atoms with Gasteiger partial charge in [-0.1, -0.05) is 25.5 Å². The third kappa shape index (κ3) is 4.49. The van der Waals surface area contributed by atoms with Crippen LogP contribution in [0.3, 0.4) is 0 Å². The Bertz CT molecular complexity index is 394. The number of rotatable bonds is 6. The van der Waals surface area contributed by atoms with Crippen molar-refractivity contribution < 1.29 is 13.6 Å². The van der Waals surface area contributed by atoms with E-state index in [4.69, 9.17) is 0 Å². The molecule has 2 saturated heterocycles. The molecule has 0 bridgehead atoms. The first-order valence-corrected chi connectivity index (χ1v) is 9.54. The van der Waals surface area contributed by atoms with E-state index in [0.717, 1.165) is 13.1 Å². The van der Waals surface area contributed by atoms with Crippen molar-refractivity contribution in [1.29, 1.82) is 0 Å². The summed E-state index contributed by atoms with van der Waals surface area (Å²) in [6.07, 6.45) is 1.37. The van der Waals surface area contributed by atoms with Gasteiger partial charge in [0.2, 0.25) is 5.91 Å². The predicted octanol–water partition coefficient (Wildman–Crippen LogP) is 2.28. The smallest absolute Gasteiger partial charge is 0.272 e. The Labute approximate surface area is 140 Å². The molecule has 2 heterocycles. The van der Waals surface area contributed by atoms with E-state index in [9.17, 15) is 13.6 Å². The molecule has 0 radical (unpaired) electrons. The molecule has 0 unspecified atom stereocenters. The summed E-state index contributed by atoms with van der Waals surface area (Å²) < 4.78 is 28.2. The minimum Gasteiger partial charge on any atom is -0.355 e. The Kier molecular flexibility index (Phi) is 6.01. The third-order valence-electron chi connectivity index (χ3n) is 4.38. The van der Waals surface area contributed by atoms with Crippen LogP contribution in [0, 0.1) is 11.3 Å². The van der Waals surface area contributed by atoms with Crippen molar-refractivity contribution in [3.8, 4) is 0 Å². The molecule has 0 saturated carbocycles. The van der Waals surface area contributed by atoms with E-state index >= 15 is 0 Å². The van der Waals surface area contributed by atoms with Gasteiger partial charge in [0.1, 0.15) is 0 Å². The first-order valence-electron chi connectivity index (χ1n) is 7.71. The number of nitrogens with zero attached hydrogens (tertiary/aromatic N) is 2. The van der Waals surface area contributed by atoms with Gasteiger partial charge in [-0.05, 0) is 29.7 Å². The van der Waals surface area contributed by atoms with Crippen LogP contribution in [-0.2, 0) is 4.79 Å². The second-order valence-electron chi connectivity index (χ2n) is 6.90. The average molecular weight is 354 g/mol. The Morgan fingerprint density at radius 3 is 2.36 bits per heavy atom. The maximum absolute atomic E-state index is 13.1. The average Bonchev–Trinajstić information content (AvgIpc) is 2.43. The van der Waals surface area contributed by atoms with Crippen molar-refractivity contribution in [2.45, 2.75) is 32.6 Å². The lowest BCUT2D eigenvalue weighted by Gasteiger charge is -2.47. The highest BCUT2D eigenvalue weighted by atomic mass is 33.1. The Balaban J connectivity index is 1.99. The maximum Gasteiger partial charge on any atom is 0.272 e. The van der Waals surface area contributed by atoms with E-state index in [-0.39, 0.29) is 19.0 Å². The van der Waals surface area contributed by atoms with Gasteiger partial charge in [0.05, 0.1) is 18.5 Å². The van der Waals surface area contributed by atoms with Crippen LogP contribution in [0.1, 0.15) is 26.7 Å².